The molecule has 5 aromatic rings. The maximum atomic E-state index is 6.06. The summed E-state index contributed by atoms with van der Waals surface area (Å²) in [5, 5.41) is 4.20. The van der Waals surface area contributed by atoms with Gasteiger partial charge in [0.25, 0.3) is 0 Å². The molecule has 4 heterocycles. The van der Waals surface area contributed by atoms with Crippen LogP contribution in [-0.2, 0) is 6.54 Å². The van der Waals surface area contributed by atoms with Gasteiger partial charge in [-0.05, 0) is 91.9 Å². The molecule has 0 aliphatic carbocycles. The number of aryl methyl sites for hydroxylation is 1. The average Bonchev–Trinajstić information content (AvgIpc) is 3.55. The van der Waals surface area contributed by atoms with E-state index in [9.17, 15) is 0 Å². The minimum atomic E-state index is -0.121. The van der Waals surface area contributed by atoms with Crippen molar-refractivity contribution in [2.24, 2.45) is 0 Å². The molecule has 1 N–H and O–H groups in total. The lowest BCUT2D eigenvalue weighted by Crippen LogP contribution is -2.30. The van der Waals surface area contributed by atoms with Crippen LogP contribution in [0.4, 0.5) is 5.69 Å². The highest BCUT2D eigenvalue weighted by molar-refractivity contribution is 7.80. The third-order valence-electron chi connectivity index (χ3n) is 6.70. The normalized spacial score (nSPS) is 16.9. The van der Waals surface area contributed by atoms with Crippen LogP contribution < -0.4 is 15.0 Å². The van der Waals surface area contributed by atoms with Crippen molar-refractivity contribution in [3.05, 3.63) is 138 Å². The van der Waals surface area contributed by atoms with Gasteiger partial charge in [0, 0.05) is 30.0 Å². The molecule has 1 fully saturated rings. The number of pyridine rings is 2. The standard InChI is InChI=1S/C31H27N5OS/c1-22-10-14-25(15-11-22)37-26-16-12-24(13-17-26)36-30(29(34-31(36)38)27-8-3-5-19-33-27)28-9-6-20-35(28)21-23-7-2-4-18-32-23/h2-20,29-30H,21H2,1H3,(H,34,38)/t29-,30-/m0/s1. The van der Waals surface area contributed by atoms with E-state index in [1.54, 1.807) is 0 Å². The first-order valence-corrected chi connectivity index (χ1v) is 13.0. The van der Waals surface area contributed by atoms with Gasteiger partial charge in [0.05, 0.1) is 24.0 Å². The van der Waals surface area contributed by atoms with Gasteiger partial charge >= 0.3 is 0 Å². The van der Waals surface area contributed by atoms with E-state index < -0.39 is 0 Å². The lowest BCUT2D eigenvalue weighted by Gasteiger charge is -2.29. The third kappa shape index (κ3) is 4.88. The van der Waals surface area contributed by atoms with Crippen LogP contribution >= 0.6 is 12.2 Å². The van der Waals surface area contributed by atoms with Gasteiger partial charge in [0.1, 0.15) is 17.5 Å². The molecule has 6 rings (SSSR count). The number of rotatable bonds is 7. The van der Waals surface area contributed by atoms with E-state index in [4.69, 9.17) is 17.0 Å². The van der Waals surface area contributed by atoms with Crippen LogP contribution in [0, 0.1) is 6.92 Å². The van der Waals surface area contributed by atoms with Gasteiger partial charge in [0.2, 0.25) is 0 Å². The molecule has 7 heteroatoms. The Morgan fingerprint density at radius 2 is 1.53 bits per heavy atom. The molecular formula is C31H27N5OS. The second kappa shape index (κ2) is 10.5. The summed E-state index contributed by atoms with van der Waals surface area (Å²) >= 11 is 5.91. The lowest BCUT2D eigenvalue weighted by atomic mass is 10.0. The summed E-state index contributed by atoms with van der Waals surface area (Å²) in [5.74, 6) is 1.58. The van der Waals surface area contributed by atoms with Gasteiger partial charge < -0.3 is 19.5 Å². The summed E-state index contributed by atoms with van der Waals surface area (Å²) in [6, 6.07) is 32.1. The number of aromatic nitrogens is 3. The van der Waals surface area contributed by atoms with Crippen molar-refractivity contribution in [1.29, 1.82) is 0 Å². The fraction of sp³-hybridized carbons (Fsp3) is 0.129. The fourth-order valence-electron chi connectivity index (χ4n) is 4.86. The largest absolute Gasteiger partial charge is 0.457 e. The molecule has 2 atom stereocenters. The van der Waals surface area contributed by atoms with Gasteiger partial charge in [-0.15, -0.1) is 0 Å². The Morgan fingerprint density at radius 1 is 0.816 bits per heavy atom. The van der Waals surface area contributed by atoms with Gasteiger partial charge in [-0.1, -0.05) is 29.8 Å². The van der Waals surface area contributed by atoms with Gasteiger partial charge in [0.15, 0.2) is 5.11 Å². The van der Waals surface area contributed by atoms with Crippen molar-refractivity contribution in [3.8, 4) is 11.5 Å². The Bertz CT molecular complexity index is 1520. The number of thiocarbonyl (C=S) groups is 1. The van der Waals surface area contributed by atoms with Crippen molar-refractivity contribution >= 4 is 23.0 Å². The maximum absolute atomic E-state index is 6.06. The number of anilines is 1. The predicted octanol–water partition coefficient (Wildman–Crippen LogP) is 6.60. The first-order valence-electron chi connectivity index (χ1n) is 12.6. The van der Waals surface area contributed by atoms with Crippen LogP contribution in [0.2, 0.25) is 0 Å². The van der Waals surface area contributed by atoms with E-state index in [2.05, 4.69) is 62.1 Å². The lowest BCUT2D eigenvalue weighted by molar-refractivity contribution is 0.482. The molecule has 3 aromatic heterocycles. The van der Waals surface area contributed by atoms with E-state index in [0.717, 1.165) is 34.3 Å². The highest BCUT2D eigenvalue weighted by Crippen LogP contribution is 2.42. The maximum Gasteiger partial charge on any atom is 0.174 e. The molecule has 188 valence electrons. The Labute approximate surface area is 227 Å². The summed E-state index contributed by atoms with van der Waals surface area (Å²) in [6.07, 6.45) is 5.75. The quantitative estimate of drug-likeness (QED) is 0.245. The SMILES string of the molecule is Cc1ccc(Oc2ccc(N3C(=S)N[C@@H](c4ccccn4)[C@@H]3c3cccn3Cc3ccccn3)cc2)cc1. The predicted molar refractivity (Wildman–Crippen MR) is 153 cm³/mol. The highest BCUT2D eigenvalue weighted by Gasteiger charge is 2.42. The second-order valence-electron chi connectivity index (χ2n) is 9.29. The average molecular weight is 518 g/mol. The van der Waals surface area contributed by atoms with Gasteiger partial charge in [-0.25, -0.2) is 0 Å². The number of ether oxygens (including phenoxy) is 1. The summed E-state index contributed by atoms with van der Waals surface area (Å²) in [4.78, 5) is 11.4. The van der Waals surface area contributed by atoms with Crippen LogP contribution in [-0.4, -0.2) is 19.6 Å². The molecule has 0 spiro atoms. The Hall–Kier alpha value is -4.49. The third-order valence-corrected chi connectivity index (χ3v) is 7.01. The topological polar surface area (TPSA) is 55.2 Å². The van der Waals surface area contributed by atoms with E-state index in [1.807, 2.05) is 85.2 Å². The first kappa shape index (κ1) is 23.9. The fourth-order valence-corrected chi connectivity index (χ4v) is 5.20. The second-order valence-corrected chi connectivity index (χ2v) is 9.67. The van der Waals surface area contributed by atoms with Crippen LogP contribution in [0.3, 0.4) is 0 Å². The number of hydrogen-bond acceptors (Lipinski definition) is 4. The van der Waals surface area contributed by atoms with Crippen molar-refractivity contribution in [2.75, 3.05) is 4.90 Å². The molecular weight excluding hydrogens is 490 g/mol. The molecule has 6 nitrogen and oxygen atoms in total. The Balaban J connectivity index is 1.35. The minimum absolute atomic E-state index is 0.111. The monoisotopic (exact) mass is 517 g/mol. The molecule has 0 bridgehead atoms. The zero-order valence-corrected chi connectivity index (χ0v) is 21.8. The zero-order valence-electron chi connectivity index (χ0n) is 20.9. The highest BCUT2D eigenvalue weighted by atomic mass is 32.1. The van der Waals surface area contributed by atoms with E-state index in [1.165, 1.54) is 5.56 Å². The van der Waals surface area contributed by atoms with Crippen LogP contribution in [0.25, 0.3) is 0 Å². The molecule has 0 amide bonds. The zero-order chi connectivity index (χ0) is 25.9. The molecule has 0 radical (unpaired) electrons. The van der Waals surface area contributed by atoms with Crippen molar-refractivity contribution in [2.45, 2.75) is 25.6 Å². The minimum Gasteiger partial charge on any atom is -0.457 e. The number of hydrogen-bond donors (Lipinski definition) is 1. The van der Waals surface area contributed by atoms with Crippen molar-refractivity contribution < 1.29 is 4.74 Å². The van der Waals surface area contributed by atoms with Crippen molar-refractivity contribution in [1.82, 2.24) is 19.9 Å². The van der Waals surface area contributed by atoms with Crippen LogP contribution in [0.15, 0.2) is 116 Å². The first-order chi connectivity index (χ1) is 18.7. The molecule has 1 saturated heterocycles. The van der Waals surface area contributed by atoms with E-state index in [-0.39, 0.29) is 12.1 Å². The van der Waals surface area contributed by atoms with E-state index in [0.29, 0.717) is 11.7 Å². The molecule has 2 aromatic carbocycles. The van der Waals surface area contributed by atoms with Crippen LogP contribution in [0.1, 0.15) is 34.7 Å². The van der Waals surface area contributed by atoms with Crippen molar-refractivity contribution in [3.63, 3.8) is 0 Å². The summed E-state index contributed by atoms with van der Waals surface area (Å²) in [7, 11) is 0. The van der Waals surface area contributed by atoms with Crippen LogP contribution in [0.5, 0.6) is 11.5 Å². The van der Waals surface area contributed by atoms with Gasteiger partial charge in [-0.2, -0.15) is 0 Å². The summed E-state index contributed by atoms with van der Waals surface area (Å²) < 4.78 is 8.30. The molecule has 38 heavy (non-hydrogen) atoms. The summed E-state index contributed by atoms with van der Waals surface area (Å²) in [5.41, 5.74) is 5.24. The molecule has 0 unspecified atom stereocenters. The van der Waals surface area contributed by atoms with E-state index >= 15 is 0 Å². The number of nitrogens with one attached hydrogen (secondary N) is 1. The smallest absolute Gasteiger partial charge is 0.174 e. The van der Waals surface area contributed by atoms with Gasteiger partial charge in [-0.3, -0.25) is 9.97 Å². The molecule has 1 aliphatic rings. The number of benzene rings is 2. The molecule has 1 aliphatic heterocycles. The number of nitrogens with zero attached hydrogens (tertiary/aromatic N) is 4. The Morgan fingerprint density at radius 3 is 2.21 bits per heavy atom. The Kier molecular flexibility index (Phi) is 6.58. The molecule has 0 saturated carbocycles. The summed E-state index contributed by atoms with van der Waals surface area (Å²) in [6.45, 7) is 2.73.